The zero-order valence-electron chi connectivity index (χ0n) is 11.3. The normalized spacial score (nSPS) is 17.4. The molecule has 1 rings (SSSR count). The van der Waals surface area contributed by atoms with Crippen LogP contribution in [0.25, 0.3) is 0 Å². The fraction of sp³-hybridized carbons (Fsp3) is 0.727. The van der Waals surface area contributed by atoms with Crippen LogP contribution in [0.3, 0.4) is 0 Å². The fourth-order valence-electron chi connectivity index (χ4n) is 1.45. The molecule has 0 aromatic carbocycles. The van der Waals surface area contributed by atoms with E-state index in [1.807, 2.05) is 13.8 Å². The summed E-state index contributed by atoms with van der Waals surface area (Å²) in [4.78, 5) is 28.5. The zero-order chi connectivity index (χ0) is 13.9. The molecule has 18 heavy (non-hydrogen) atoms. The van der Waals surface area contributed by atoms with Crippen molar-refractivity contribution in [3.8, 4) is 0 Å². The monoisotopic (exact) mass is 273 g/mol. The van der Waals surface area contributed by atoms with E-state index >= 15 is 0 Å². The van der Waals surface area contributed by atoms with Crippen LogP contribution in [0.2, 0.25) is 0 Å². The Balaban J connectivity index is 2.88. The number of amidine groups is 1. The maximum atomic E-state index is 12.2. The van der Waals surface area contributed by atoms with Crippen LogP contribution >= 0.6 is 11.8 Å². The highest BCUT2D eigenvalue weighted by molar-refractivity contribution is 8.14. The number of nitrogens with zero attached hydrogens (tertiary/aromatic N) is 2. The second-order valence-electron chi connectivity index (χ2n) is 4.73. The molecule has 102 valence electrons. The van der Waals surface area contributed by atoms with Crippen LogP contribution in [0.4, 0.5) is 4.79 Å². The van der Waals surface area contributed by atoms with E-state index < -0.39 is 11.6 Å². The lowest BCUT2D eigenvalue weighted by Gasteiger charge is -2.34. The van der Waals surface area contributed by atoms with Gasteiger partial charge in [0, 0.05) is 21.2 Å². The number of likely N-dealkylation sites (N-methyl/N-ethyl adjacent to an activating group) is 1. The van der Waals surface area contributed by atoms with Crippen LogP contribution in [0.5, 0.6) is 0 Å². The van der Waals surface area contributed by atoms with Crippen LogP contribution in [-0.4, -0.2) is 60.5 Å². The number of hydrogen-bond acceptors (Lipinski definition) is 5. The van der Waals surface area contributed by atoms with E-state index in [-0.39, 0.29) is 11.1 Å². The van der Waals surface area contributed by atoms with Gasteiger partial charge in [-0.3, -0.25) is 9.59 Å². The van der Waals surface area contributed by atoms with Crippen molar-refractivity contribution in [3.63, 3.8) is 0 Å². The minimum Gasteiger partial charge on any atom is -0.376 e. The van der Waals surface area contributed by atoms with Gasteiger partial charge in [0.2, 0.25) is 5.91 Å². The summed E-state index contributed by atoms with van der Waals surface area (Å²) in [5.41, 5.74) is -0.694. The van der Waals surface area contributed by atoms with Crippen molar-refractivity contribution >= 4 is 28.7 Å². The predicted octanol–water partition coefficient (Wildman–Crippen LogP) is 0.723. The number of methoxy groups -OCH3 is 1. The summed E-state index contributed by atoms with van der Waals surface area (Å²) in [6.45, 7) is 3.63. The molecule has 7 heteroatoms. The second-order valence-corrected chi connectivity index (χ2v) is 5.66. The molecule has 0 aliphatic carbocycles. The lowest BCUT2D eigenvalue weighted by molar-refractivity contribution is -0.137. The van der Waals surface area contributed by atoms with Crippen molar-refractivity contribution in [1.29, 1.82) is 0 Å². The lowest BCUT2D eigenvalue weighted by atomic mass is 9.97. The second kappa shape index (κ2) is 5.71. The van der Waals surface area contributed by atoms with Crippen molar-refractivity contribution in [2.24, 2.45) is 4.99 Å². The molecule has 0 unspecified atom stereocenters. The number of hydrogen-bond donors (Lipinski definition) is 1. The van der Waals surface area contributed by atoms with Gasteiger partial charge in [0.25, 0.3) is 0 Å². The average Bonchev–Trinajstić information content (AvgIpc) is 2.70. The predicted molar refractivity (Wildman–Crippen MR) is 72.0 cm³/mol. The highest BCUT2D eigenvalue weighted by atomic mass is 32.2. The number of carbonyl (C=O) groups is 2. The first-order valence-corrected chi connectivity index (χ1v) is 6.53. The van der Waals surface area contributed by atoms with Gasteiger partial charge in [-0.25, -0.2) is 0 Å². The Labute approximate surface area is 111 Å². The van der Waals surface area contributed by atoms with Gasteiger partial charge in [-0.15, -0.1) is 0 Å². The molecule has 0 aromatic rings. The number of thioether (sulfide) groups is 1. The molecule has 0 aromatic heterocycles. The molecule has 6 nitrogen and oxygen atoms in total. The molecule has 1 aliphatic rings. The summed E-state index contributed by atoms with van der Waals surface area (Å²) >= 11 is 1.11. The molecule has 1 atom stereocenters. The SMILES string of the molecule is COC(C)(C)[C@H](NC1=NC(=O)SC1)C(=O)N(C)C. The Kier molecular flexibility index (Phi) is 4.75. The Hall–Kier alpha value is -1.08. The van der Waals surface area contributed by atoms with E-state index in [4.69, 9.17) is 4.74 Å². The Morgan fingerprint density at radius 3 is 2.56 bits per heavy atom. The van der Waals surface area contributed by atoms with Gasteiger partial charge in [0.1, 0.15) is 11.9 Å². The van der Waals surface area contributed by atoms with Gasteiger partial charge < -0.3 is 15.0 Å². The summed E-state index contributed by atoms with van der Waals surface area (Å²) in [7, 11) is 4.91. The smallest absolute Gasteiger partial charge is 0.306 e. The minimum absolute atomic E-state index is 0.117. The lowest BCUT2D eigenvalue weighted by Crippen LogP contribution is -2.58. The molecular weight excluding hydrogens is 254 g/mol. The molecule has 0 spiro atoms. The maximum Gasteiger partial charge on any atom is 0.306 e. The molecule has 1 N–H and O–H groups in total. The van der Waals surface area contributed by atoms with Crippen molar-refractivity contribution in [3.05, 3.63) is 0 Å². The molecule has 0 saturated heterocycles. The standard InChI is InChI=1S/C11H19N3O3S/c1-11(2,17-5)8(9(15)14(3)4)12-7-6-18-10(16)13-7/h8H,6H2,1-5H3,(H,12,13,16)/t8-/m1/s1. The van der Waals surface area contributed by atoms with Crippen LogP contribution in [0, 0.1) is 0 Å². The molecule has 0 fully saturated rings. The molecule has 1 heterocycles. The number of rotatable bonds is 4. The van der Waals surface area contributed by atoms with Crippen molar-refractivity contribution < 1.29 is 14.3 Å². The summed E-state index contributed by atoms with van der Waals surface area (Å²) in [6, 6.07) is -0.581. The van der Waals surface area contributed by atoms with Crippen molar-refractivity contribution in [2.45, 2.75) is 25.5 Å². The van der Waals surface area contributed by atoms with E-state index in [1.54, 1.807) is 21.2 Å². The fourth-order valence-corrected chi connectivity index (χ4v) is 2.04. The number of carbonyl (C=O) groups excluding carboxylic acids is 2. The van der Waals surface area contributed by atoms with Crippen LogP contribution in [-0.2, 0) is 9.53 Å². The molecule has 1 aliphatic heterocycles. The largest absolute Gasteiger partial charge is 0.376 e. The maximum absolute atomic E-state index is 12.2. The van der Waals surface area contributed by atoms with Gasteiger partial charge in [-0.2, -0.15) is 4.99 Å². The van der Waals surface area contributed by atoms with E-state index in [0.29, 0.717) is 11.6 Å². The molecule has 0 radical (unpaired) electrons. The summed E-state index contributed by atoms with van der Waals surface area (Å²) < 4.78 is 5.35. The average molecular weight is 273 g/mol. The number of ether oxygens (including phenoxy) is 1. The molecule has 0 bridgehead atoms. The first-order chi connectivity index (χ1) is 8.27. The zero-order valence-corrected chi connectivity index (χ0v) is 12.1. The van der Waals surface area contributed by atoms with Crippen molar-refractivity contribution in [1.82, 2.24) is 10.2 Å². The Morgan fingerprint density at radius 2 is 2.17 bits per heavy atom. The van der Waals surface area contributed by atoms with Crippen LogP contribution in [0.15, 0.2) is 4.99 Å². The highest BCUT2D eigenvalue weighted by Gasteiger charge is 2.37. The van der Waals surface area contributed by atoms with Crippen molar-refractivity contribution in [2.75, 3.05) is 27.0 Å². The summed E-state index contributed by atoms with van der Waals surface area (Å²) in [5, 5.41) is 2.78. The van der Waals surface area contributed by atoms with Gasteiger partial charge in [0.15, 0.2) is 0 Å². The van der Waals surface area contributed by atoms with Gasteiger partial charge in [0.05, 0.1) is 11.4 Å². The van der Waals surface area contributed by atoms with E-state index in [9.17, 15) is 9.59 Å². The minimum atomic E-state index is -0.694. The highest BCUT2D eigenvalue weighted by Crippen LogP contribution is 2.18. The van der Waals surface area contributed by atoms with Crippen LogP contribution in [0.1, 0.15) is 13.8 Å². The third kappa shape index (κ3) is 3.46. The first-order valence-electron chi connectivity index (χ1n) is 5.55. The molecule has 0 saturated carbocycles. The molecule has 2 amide bonds. The first kappa shape index (κ1) is 15.0. The van der Waals surface area contributed by atoms with Gasteiger partial charge >= 0.3 is 5.24 Å². The Morgan fingerprint density at radius 1 is 1.56 bits per heavy atom. The Bertz CT molecular complexity index is 380. The van der Waals surface area contributed by atoms with E-state index in [2.05, 4.69) is 10.3 Å². The number of aliphatic imine (C=N–C) groups is 1. The van der Waals surface area contributed by atoms with E-state index in [0.717, 1.165) is 11.8 Å². The topological polar surface area (TPSA) is 71.0 Å². The van der Waals surface area contributed by atoms with Gasteiger partial charge in [-0.05, 0) is 13.8 Å². The quantitative estimate of drug-likeness (QED) is 0.817. The van der Waals surface area contributed by atoms with E-state index in [1.165, 1.54) is 4.90 Å². The number of amides is 2. The summed E-state index contributed by atoms with van der Waals surface area (Å²) in [6.07, 6.45) is 0. The molecular formula is C11H19N3O3S. The van der Waals surface area contributed by atoms with Crippen LogP contribution < -0.4 is 5.32 Å². The third-order valence-corrected chi connectivity index (χ3v) is 3.53. The van der Waals surface area contributed by atoms with Gasteiger partial charge in [-0.1, -0.05) is 11.8 Å². The third-order valence-electron chi connectivity index (χ3n) is 2.78. The number of nitrogens with one attached hydrogen (secondary N) is 1. The summed E-state index contributed by atoms with van der Waals surface area (Å²) in [5.74, 6) is 0.875.